The standard InChI is InChI=1S/C23H20N6O4/c1-28-26-15-10-7-11-16(19(15)27-28)29-20(23(31)33-3)18(22(30)32-2)17(14(12-24)21(29)25)13-8-5-4-6-9-13/h4-11,17H,25H2,1-3H3. The first-order valence-corrected chi connectivity index (χ1v) is 9.88. The van der Waals surface area contributed by atoms with Gasteiger partial charge in [0.25, 0.3) is 0 Å². The van der Waals surface area contributed by atoms with Crippen LogP contribution in [0.2, 0.25) is 0 Å². The molecule has 2 aromatic carbocycles. The van der Waals surface area contributed by atoms with Crippen LogP contribution in [-0.2, 0) is 26.1 Å². The van der Waals surface area contributed by atoms with Gasteiger partial charge < -0.3 is 15.2 Å². The topological polar surface area (TPSA) is 136 Å². The Hall–Kier alpha value is -4.65. The lowest BCUT2D eigenvalue weighted by Crippen LogP contribution is -2.40. The minimum atomic E-state index is -0.935. The van der Waals surface area contributed by atoms with Gasteiger partial charge in [-0.2, -0.15) is 20.3 Å². The molecule has 0 spiro atoms. The van der Waals surface area contributed by atoms with E-state index in [-0.39, 0.29) is 22.7 Å². The molecular weight excluding hydrogens is 424 g/mol. The van der Waals surface area contributed by atoms with Crippen molar-refractivity contribution in [2.75, 3.05) is 19.1 Å². The third-order valence-corrected chi connectivity index (χ3v) is 5.34. The van der Waals surface area contributed by atoms with E-state index in [1.54, 1.807) is 55.6 Å². The first-order chi connectivity index (χ1) is 15.9. The molecule has 3 aromatic rings. The lowest BCUT2D eigenvalue weighted by molar-refractivity contribution is -0.139. The number of nitriles is 1. The lowest BCUT2D eigenvalue weighted by Gasteiger charge is -2.35. The van der Waals surface area contributed by atoms with Crippen molar-refractivity contribution < 1.29 is 19.1 Å². The number of esters is 2. The zero-order valence-electron chi connectivity index (χ0n) is 18.1. The summed E-state index contributed by atoms with van der Waals surface area (Å²) in [6.07, 6.45) is 0. The van der Waals surface area contributed by atoms with Crippen molar-refractivity contribution in [2.24, 2.45) is 12.8 Å². The highest BCUT2D eigenvalue weighted by atomic mass is 16.5. The Morgan fingerprint density at radius 1 is 1.03 bits per heavy atom. The number of methoxy groups -OCH3 is 2. The number of hydrogen-bond donors (Lipinski definition) is 1. The average Bonchev–Trinajstić information content (AvgIpc) is 3.23. The number of nitrogens with zero attached hydrogens (tertiary/aromatic N) is 5. The Morgan fingerprint density at radius 2 is 1.73 bits per heavy atom. The Labute approximate surface area is 189 Å². The molecule has 0 aliphatic carbocycles. The van der Waals surface area contributed by atoms with Crippen molar-refractivity contribution in [1.29, 1.82) is 5.26 Å². The van der Waals surface area contributed by atoms with E-state index >= 15 is 0 Å². The number of ether oxygens (including phenoxy) is 2. The van der Waals surface area contributed by atoms with Crippen LogP contribution in [0, 0.1) is 11.3 Å². The van der Waals surface area contributed by atoms with Crippen molar-refractivity contribution >= 4 is 28.7 Å². The van der Waals surface area contributed by atoms with Crippen LogP contribution in [0.4, 0.5) is 5.69 Å². The van der Waals surface area contributed by atoms with Crippen molar-refractivity contribution in [3.05, 3.63) is 76.8 Å². The number of allylic oxidation sites excluding steroid dienone is 1. The fourth-order valence-corrected chi connectivity index (χ4v) is 3.97. The molecule has 10 nitrogen and oxygen atoms in total. The smallest absolute Gasteiger partial charge is 0.355 e. The van der Waals surface area contributed by atoms with E-state index in [1.165, 1.54) is 23.9 Å². The molecule has 0 fully saturated rings. The summed E-state index contributed by atoms with van der Waals surface area (Å²) in [5, 5.41) is 18.8. The number of nitrogens with two attached hydrogens (primary N) is 1. The van der Waals surface area contributed by atoms with Gasteiger partial charge in [0.15, 0.2) is 0 Å². The Bertz CT molecular complexity index is 1370. The molecule has 2 heterocycles. The van der Waals surface area contributed by atoms with E-state index in [2.05, 4.69) is 16.3 Å². The van der Waals surface area contributed by atoms with Crippen molar-refractivity contribution in [1.82, 2.24) is 15.0 Å². The number of anilines is 1. The fourth-order valence-electron chi connectivity index (χ4n) is 3.97. The number of hydrogen-bond acceptors (Lipinski definition) is 9. The van der Waals surface area contributed by atoms with Gasteiger partial charge in [0, 0.05) is 7.05 Å². The van der Waals surface area contributed by atoms with Crippen LogP contribution in [0.25, 0.3) is 11.0 Å². The Morgan fingerprint density at radius 3 is 2.36 bits per heavy atom. The maximum atomic E-state index is 13.1. The van der Waals surface area contributed by atoms with E-state index < -0.39 is 17.9 Å². The highest BCUT2D eigenvalue weighted by Gasteiger charge is 2.43. The van der Waals surface area contributed by atoms with E-state index in [0.717, 1.165) is 0 Å². The molecule has 0 amide bonds. The predicted octanol–water partition coefficient (Wildman–Crippen LogP) is 1.87. The Balaban J connectivity index is 2.12. The van der Waals surface area contributed by atoms with Crippen LogP contribution >= 0.6 is 0 Å². The van der Waals surface area contributed by atoms with Gasteiger partial charge in [-0.25, -0.2) is 9.59 Å². The third kappa shape index (κ3) is 3.45. The van der Waals surface area contributed by atoms with Crippen molar-refractivity contribution in [2.45, 2.75) is 5.92 Å². The number of carbonyl (C=O) groups excluding carboxylic acids is 2. The molecule has 0 saturated carbocycles. The maximum absolute atomic E-state index is 13.1. The van der Waals surface area contributed by atoms with Gasteiger partial charge in [0.1, 0.15) is 22.6 Å². The molecule has 0 bridgehead atoms. The molecular formula is C23H20N6O4. The summed E-state index contributed by atoms with van der Waals surface area (Å²) < 4.78 is 10.1. The first kappa shape index (κ1) is 21.6. The second-order valence-corrected chi connectivity index (χ2v) is 7.17. The number of carbonyl (C=O) groups is 2. The van der Waals surface area contributed by atoms with Crippen LogP contribution < -0.4 is 10.6 Å². The summed E-state index contributed by atoms with van der Waals surface area (Å²) in [6, 6.07) is 16.1. The molecule has 2 N–H and O–H groups in total. The van der Waals surface area contributed by atoms with E-state index in [1.807, 2.05) is 0 Å². The maximum Gasteiger partial charge on any atom is 0.355 e. The molecule has 0 radical (unpaired) electrons. The molecule has 166 valence electrons. The fraction of sp³-hybridized carbons (Fsp3) is 0.174. The molecule has 33 heavy (non-hydrogen) atoms. The van der Waals surface area contributed by atoms with E-state index in [0.29, 0.717) is 22.3 Å². The summed E-state index contributed by atoms with van der Waals surface area (Å²) in [7, 11) is 4.05. The molecule has 4 rings (SSSR count). The van der Waals surface area contributed by atoms with Gasteiger partial charge in [-0.05, 0) is 17.7 Å². The van der Waals surface area contributed by atoms with Crippen LogP contribution in [-0.4, -0.2) is 41.2 Å². The molecule has 1 unspecified atom stereocenters. The molecule has 1 aliphatic rings. The summed E-state index contributed by atoms with van der Waals surface area (Å²) >= 11 is 0. The zero-order valence-corrected chi connectivity index (χ0v) is 18.1. The van der Waals surface area contributed by atoms with Gasteiger partial charge in [0.2, 0.25) is 0 Å². The largest absolute Gasteiger partial charge is 0.466 e. The average molecular weight is 444 g/mol. The van der Waals surface area contributed by atoms with Crippen LogP contribution in [0.3, 0.4) is 0 Å². The Kier molecular flexibility index (Phi) is 5.54. The number of fused-ring (bicyclic) bond motifs is 1. The van der Waals surface area contributed by atoms with Gasteiger partial charge >= 0.3 is 11.9 Å². The van der Waals surface area contributed by atoms with E-state index in [4.69, 9.17) is 15.2 Å². The highest BCUT2D eigenvalue weighted by molar-refractivity contribution is 6.08. The first-order valence-electron chi connectivity index (χ1n) is 9.88. The second kappa shape index (κ2) is 8.47. The minimum Gasteiger partial charge on any atom is -0.466 e. The molecule has 1 atom stereocenters. The van der Waals surface area contributed by atoms with Crippen LogP contribution in [0.15, 0.2) is 71.2 Å². The zero-order chi connectivity index (χ0) is 23.7. The third-order valence-electron chi connectivity index (χ3n) is 5.34. The van der Waals surface area contributed by atoms with E-state index in [9.17, 15) is 14.9 Å². The number of benzene rings is 2. The lowest BCUT2D eigenvalue weighted by atomic mass is 9.81. The molecule has 1 aromatic heterocycles. The van der Waals surface area contributed by atoms with Crippen molar-refractivity contribution in [3.8, 4) is 6.07 Å². The number of aryl methyl sites for hydroxylation is 1. The predicted molar refractivity (Wildman–Crippen MR) is 118 cm³/mol. The SMILES string of the molecule is COC(=O)C1=C(C(=O)OC)N(c2cccc3nn(C)nc23)C(N)=C(C#N)C1c1ccccc1. The summed E-state index contributed by atoms with van der Waals surface area (Å²) in [5.74, 6) is -2.58. The van der Waals surface area contributed by atoms with Gasteiger partial charge in [-0.15, -0.1) is 0 Å². The summed E-state index contributed by atoms with van der Waals surface area (Å²) in [6.45, 7) is 0. The monoisotopic (exact) mass is 444 g/mol. The molecule has 1 aliphatic heterocycles. The summed E-state index contributed by atoms with van der Waals surface area (Å²) in [5.41, 5.74) is 8.28. The highest BCUT2D eigenvalue weighted by Crippen LogP contribution is 2.44. The summed E-state index contributed by atoms with van der Waals surface area (Å²) in [4.78, 5) is 28.9. The molecule has 10 heteroatoms. The second-order valence-electron chi connectivity index (χ2n) is 7.17. The number of rotatable bonds is 4. The minimum absolute atomic E-state index is 0.0300. The van der Waals surface area contributed by atoms with Crippen molar-refractivity contribution in [3.63, 3.8) is 0 Å². The molecule has 0 saturated heterocycles. The quantitative estimate of drug-likeness (QED) is 0.598. The normalized spacial score (nSPS) is 16.1. The van der Waals surface area contributed by atoms with Crippen LogP contribution in [0.5, 0.6) is 0 Å². The van der Waals surface area contributed by atoms with Gasteiger partial charge in [-0.3, -0.25) is 4.90 Å². The number of aromatic nitrogens is 3. The van der Waals surface area contributed by atoms with Crippen LogP contribution in [0.1, 0.15) is 11.5 Å². The van der Waals surface area contributed by atoms with Gasteiger partial charge in [-0.1, -0.05) is 36.4 Å². The van der Waals surface area contributed by atoms with Gasteiger partial charge in [0.05, 0.1) is 43.0 Å².